The van der Waals surface area contributed by atoms with E-state index < -0.39 is 11.9 Å². The van der Waals surface area contributed by atoms with Crippen molar-refractivity contribution in [2.45, 2.75) is 19.8 Å². The zero-order chi connectivity index (χ0) is 16.1. The summed E-state index contributed by atoms with van der Waals surface area (Å²) in [4.78, 5) is 33.4. The molecule has 1 amide bonds. The fraction of sp³-hybridized carbons (Fsp3) is 0.471. The molecule has 2 N–H and O–H groups in total. The molecule has 1 saturated carbocycles. The minimum atomic E-state index is -0.781. The van der Waals surface area contributed by atoms with Crippen molar-refractivity contribution in [3.63, 3.8) is 0 Å². The van der Waals surface area contributed by atoms with Crippen LogP contribution in [0.4, 0.5) is 0 Å². The molecular weight excluding hydrogens is 294 g/mol. The van der Waals surface area contributed by atoms with Crippen LogP contribution in [0, 0.1) is 24.7 Å². The maximum Gasteiger partial charge on any atom is 0.308 e. The maximum atomic E-state index is 12.8. The quantitative estimate of drug-likeness (QED) is 0.908. The number of aromatic amines is 1. The highest BCUT2D eigenvalue weighted by atomic mass is 16.4. The number of carbonyl (C=O) groups is 2. The molecule has 120 valence electrons. The number of hydrogen-bond acceptors (Lipinski definition) is 3. The number of amides is 1. The van der Waals surface area contributed by atoms with Crippen LogP contribution in [-0.2, 0) is 4.79 Å². The Morgan fingerprint density at radius 1 is 1.30 bits per heavy atom. The molecule has 0 spiro atoms. The fourth-order valence-corrected chi connectivity index (χ4v) is 3.71. The summed E-state index contributed by atoms with van der Waals surface area (Å²) in [5.74, 6) is 0.0988. The van der Waals surface area contributed by atoms with Crippen molar-refractivity contribution >= 4 is 22.9 Å². The summed E-state index contributed by atoms with van der Waals surface area (Å²) in [5.41, 5.74) is 2.25. The van der Waals surface area contributed by atoms with Crippen molar-refractivity contribution < 1.29 is 14.7 Å². The number of H-pyrrole nitrogens is 1. The van der Waals surface area contributed by atoms with E-state index in [0.717, 1.165) is 29.7 Å². The van der Waals surface area contributed by atoms with E-state index in [4.69, 9.17) is 0 Å². The monoisotopic (exact) mass is 313 g/mol. The van der Waals surface area contributed by atoms with E-state index in [9.17, 15) is 14.7 Å². The van der Waals surface area contributed by atoms with Crippen molar-refractivity contribution in [3.05, 3.63) is 29.6 Å². The summed E-state index contributed by atoms with van der Waals surface area (Å²) in [6.45, 7) is 2.75. The highest BCUT2D eigenvalue weighted by Gasteiger charge is 2.46. The number of benzene rings is 1. The van der Waals surface area contributed by atoms with Gasteiger partial charge >= 0.3 is 5.97 Å². The Balaban J connectivity index is 1.59. The first-order valence-corrected chi connectivity index (χ1v) is 8.01. The van der Waals surface area contributed by atoms with Crippen LogP contribution in [0.3, 0.4) is 0 Å². The normalized spacial score (nSPS) is 24.3. The summed E-state index contributed by atoms with van der Waals surface area (Å²) in [7, 11) is 0. The third kappa shape index (κ3) is 2.48. The van der Waals surface area contributed by atoms with Crippen LogP contribution in [0.15, 0.2) is 18.2 Å². The van der Waals surface area contributed by atoms with Gasteiger partial charge in [-0.3, -0.25) is 9.59 Å². The van der Waals surface area contributed by atoms with Gasteiger partial charge in [0.15, 0.2) is 0 Å². The van der Waals surface area contributed by atoms with Gasteiger partial charge < -0.3 is 15.0 Å². The summed E-state index contributed by atoms with van der Waals surface area (Å²) < 4.78 is 0. The van der Waals surface area contributed by atoms with Crippen LogP contribution in [0.5, 0.6) is 0 Å². The predicted octanol–water partition coefficient (Wildman–Crippen LogP) is 2.05. The molecule has 0 radical (unpaired) electrons. The molecular formula is C17H19N3O3. The molecule has 1 aliphatic heterocycles. The van der Waals surface area contributed by atoms with E-state index in [-0.39, 0.29) is 11.8 Å². The average Bonchev–Trinajstić information content (AvgIpc) is 3.14. The number of carbonyl (C=O) groups excluding carboxylic acids is 1. The highest BCUT2D eigenvalue weighted by molar-refractivity contribution is 5.97. The minimum Gasteiger partial charge on any atom is -0.481 e. The number of aromatic nitrogens is 2. The summed E-state index contributed by atoms with van der Waals surface area (Å²) in [6.07, 6.45) is 2.19. The van der Waals surface area contributed by atoms with Gasteiger partial charge in [0.2, 0.25) is 0 Å². The van der Waals surface area contributed by atoms with Crippen molar-refractivity contribution in [3.8, 4) is 0 Å². The lowest BCUT2D eigenvalue weighted by Crippen LogP contribution is -2.29. The molecule has 23 heavy (non-hydrogen) atoms. The van der Waals surface area contributed by atoms with E-state index in [2.05, 4.69) is 9.97 Å². The summed E-state index contributed by atoms with van der Waals surface area (Å²) in [5, 5.41) is 9.42. The van der Waals surface area contributed by atoms with Crippen molar-refractivity contribution in [2.24, 2.45) is 17.8 Å². The lowest BCUT2D eigenvalue weighted by Gasteiger charge is -2.16. The molecule has 2 aliphatic rings. The molecule has 6 nitrogen and oxygen atoms in total. The van der Waals surface area contributed by atoms with Gasteiger partial charge in [-0.05, 0) is 49.8 Å². The lowest BCUT2D eigenvalue weighted by atomic mass is 9.92. The first kappa shape index (κ1) is 14.2. The van der Waals surface area contributed by atoms with Gasteiger partial charge in [0, 0.05) is 18.7 Å². The third-order valence-electron chi connectivity index (χ3n) is 5.04. The van der Waals surface area contributed by atoms with Gasteiger partial charge in [0.25, 0.3) is 5.91 Å². The van der Waals surface area contributed by atoms with Crippen molar-refractivity contribution in [1.82, 2.24) is 14.9 Å². The van der Waals surface area contributed by atoms with Crippen molar-refractivity contribution in [2.75, 3.05) is 13.1 Å². The number of imidazole rings is 1. The van der Waals surface area contributed by atoms with E-state index in [0.29, 0.717) is 24.6 Å². The largest absolute Gasteiger partial charge is 0.481 e. The topological polar surface area (TPSA) is 86.3 Å². The van der Waals surface area contributed by atoms with Gasteiger partial charge in [0.05, 0.1) is 17.0 Å². The number of aliphatic carboxylic acids is 1. The highest BCUT2D eigenvalue weighted by Crippen LogP contribution is 2.44. The van der Waals surface area contributed by atoms with E-state index >= 15 is 0 Å². The molecule has 1 aromatic heterocycles. The van der Waals surface area contributed by atoms with Gasteiger partial charge in [-0.1, -0.05) is 0 Å². The number of fused-ring (bicyclic) bond motifs is 1. The zero-order valence-electron chi connectivity index (χ0n) is 13.0. The summed E-state index contributed by atoms with van der Waals surface area (Å²) in [6, 6.07) is 5.40. The predicted molar refractivity (Wildman–Crippen MR) is 84.1 cm³/mol. The van der Waals surface area contributed by atoms with Gasteiger partial charge in [-0.25, -0.2) is 4.98 Å². The molecule has 2 aromatic rings. The Hall–Kier alpha value is -2.37. The molecule has 0 bridgehead atoms. The number of likely N-dealkylation sites (tertiary alicyclic amines) is 1. The molecule has 1 aliphatic carbocycles. The average molecular weight is 313 g/mol. The molecule has 4 rings (SSSR count). The Morgan fingerprint density at radius 2 is 2.09 bits per heavy atom. The third-order valence-corrected chi connectivity index (χ3v) is 5.04. The number of aryl methyl sites for hydroxylation is 1. The molecule has 6 heteroatoms. The van der Waals surface area contributed by atoms with Gasteiger partial charge in [-0.2, -0.15) is 0 Å². The van der Waals surface area contributed by atoms with Gasteiger partial charge in [-0.15, -0.1) is 0 Å². The van der Waals surface area contributed by atoms with Crippen molar-refractivity contribution in [1.29, 1.82) is 0 Å². The smallest absolute Gasteiger partial charge is 0.308 e. The maximum absolute atomic E-state index is 12.8. The fourth-order valence-electron chi connectivity index (χ4n) is 3.71. The van der Waals surface area contributed by atoms with E-state index in [1.807, 2.05) is 13.0 Å². The second-order valence-corrected chi connectivity index (χ2v) is 6.71. The number of nitrogens with zero attached hydrogens (tertiary/aromatic N) is 2. The van der Waals surface area contributed by atoms with Crippen LogP contribution in [0.1, 0.15) is 29.0 Å². The Morgan fingerprint density at radius 3 is 2.78 bits per heavy atom. The Kier molecular flexibility index (Phi) is 3.14. The van der Waals surface area contributed by atoms with Crippen LogP contribution >= 0.6 is 0 Å². The molecule has 2 heterocycles. The molecule has 1 aromatic carbocycles. The molecule has 2 fully saturated rings. The number of carboxylic acid groups (broad SMARTS) is 1. The Labute approximate surface area is 133 Å². The standard InChI is InChI=1S/C17H19N3O3/c1-9-18-14-5-4-11(6-15(14)19-9)16(21)20-7-12(10-2-3-10)13(8-20)17(22)23/h4-6,10,12-13H,2-3,7-8H2,1H3,(H,18,19)(H,22,23)/t12-,13+/m0/s1. The number of rotatable bonds is 3. The zero-order valence-corrected chi connectivity index (χ0v) is 13.0. The van der Waals surface area contributed by atoms with Crippen LogP contribution in [0.2, 0.25) is 0 Å². The SMILES string of the molecule is Cc1nc2ccc(C(=O)N3C[C@@H](C(=O)O)[C@H](C4CC4)C3)cc2[nH]1. The summed E-state index contributed by atoms with van der Waals surface area (Å²) >= 11 is 0. The molecule has 2 atom stereocenters. The molecule has 1 saturated heterocycles. The van der Waals surface area contributed by atoms with E-state index in [1.165, 1.54) is 0 Å². The number of carboxylic acids is 1. The van der Waals surface area contributed by atoms with Crippen LogP contribution < -0.4 is 0 Å². The van der Waals surface area contributed by atoms with E-state index in [1.54, 1.807) is 17.0 Å². The molecule has 0 unspecified atom stereocenters. The minimum absolute atomic E-state index is 0.0893. The van der Waals surface area contributed by atoms with Crippen LogP contribution in [0.25, 0.3) is 11.0 Å². The number of hydrogen-bond donors (Lipinski definition) is 2. The second kappa shape index (κ2) is 5.08. The second-order valence-electron chi connectivity index (χ2n) is 6.71. The lowest BCUT2D eigenvalue weighted by molar-refractivity contribution is -0.142. The Bertz CT molecular complexity index is 793. The van der Waals surface area contributed by atoms with Gasteiger partial charge in [0.1, 0.15) is 5.82 Å². The first-order chi connectivity index (χ1) is 11.0. The first-order valence-electron chi connectivity index (χ1n) is 8.01. The van der Waals surface area contributed by atoms with Crippen LogP contribution in [-0.4, -0.2) is 44.9 Å². The number of nitrogens with one attached hydrogen (secondary N) is 1.